The Balaban J connectivity index is 1.83. The molecule has 1 aromatic carbocycles. The number of aliphatic hydroxyl groups excluding tert-OH is 1. The molecule has 5 nitrogen and oxygen atoms in total. The molecule has 1 aliphatic carbocycles. The lowest BCUT2D eigenvalue weighted by atomic mass is 10.1. The molecule has 1 aromatic heterocycles. The van der Waals surface area contributed by atoms with Crippen LogP contribution in [0.1, 0.15) is 27.7 Å². The van der Waals surface area contributed by atoms with Crippen molar-refractivity contribution in [3.8, 4) is 0 Å². The summed E-state index contributed by atoms with van der Waals surface area (Å²) >= 11 is 1.13. The first-order valence-corrected chi connectivity index (χ1v) is 6.43. The third kappa shape index (κ3) is 1.89. The number of nitrogens with one attached hydrogen (secondary N) is 1. The molecule has 0 spiro atoms. The molecule has 0 saturated heterocycles. The van der Waals surface area contributed by atoms with E-state index in [1.165, 1.54) is 0 Å². The third-order valence-corrected chi connectivity index (χ3v) is 3.59. The Hall–Kier alpha value is -1.79. The molecule has 6 heteroatoms. The first-order chi connectivity index (χ1) is 8.75. The number of nitrogens with zero attached hydrogens (tertiary/aromatic N) is 2. The zero-order valence-corrected chi connectivity index (χ0v) is 10.2. The van der Waals surface area contributed by atoms with Gasteiger partial charge in [-0.1, -0.05) is 28.8 Å². The second-order valence-corrected chi connectivity index (χ2v) is 4.82. The monoisotopic (exact) mass is 261 g/mol. The smallest absolute Gasteiger partial charge is 0.273 e. The number of carbonyl (C=O) groups excluding carboxylic acids is 1. The lowest BCUT2D eigenvalue weighted by Crippen LogP contribution is -2.34. The molecule has 3 rings (SSSR count). The molecule has 2 N–H and O–H groups in total. The van der Waals surface area contributed by atoms with Crippen molar-refractivity contribution in [1.82, 2.24) is 14.9 Å². The zero-order valence-electron chi connectivity index (χ0n) is 9.41. The van der Waals surface area contributed by atoms with Gasteiger partial charge in [0.25, 0.3) is 5.91 Å². The van der Waals surface area contributed by atoms with Crippen LogP contribution in [0.15, 0.2) is 29.6 Å². The van der Waals surface area contributed by atoms with Gasteiger partial charge in [0, 0.05) is 11.8 Å². The number of fused-ring (bicyclic) bond motifs is 1. The van der Waals surface area contributed by atoms with Gasteiger partial charge in [-0.15, -0.1) is 5.10 Å². The van der Waals surface area contributed by atoms with Gasteiger partial charge in [0.15, 0.2) is 5.69 Å². The number of hydrogen-bond donors (Lipinski definition) is 2. The normalized spacial score (nSPS) is 21.6. The Morgan fingerprint density at radius 3 is 3.06 bits per heavy atom. The van der Waals surface area contributed by atoms with Gasteiger partial charge in [0.1, 0.15) is 0 Å². The average Bonchev–Trinajstić information content (AvgIpc) is 2.98. The first kappa shape index (κ1) is 11.3. The van der Waals surface area contributed by atoms with Crippen LogP contribution in [-0.2, 0) is 6.42 Å². The minimum atomic E-state index is -0.585. The van der Waals surface area contributed by atoms with E-state index in [2.05, 4.69) is 14.9 Å². The Kier molecular flexibility index (Phi) is 2.81. The number of aliphatic hydroxyl groups is 1. The van der Waals surface area contributed by atoms with Gasteiger partial charge in [-0.25, -0.2) is 0 Å². The molecule has 1 heterocycles. The highest BCUT2D eigenvalue weighted by atomic mass is 32.1. The predicted molar refractivity (Wildman–Crippen MR) is 66.3 cm³/mol. The number of amides is 1. The van der Waals surface area contributed by atoms with E-state index in [-0.39, 0.29) is 17.6 Å². The zero-order chi connectivity index (χ0) is 12.5. The fourth-order valence-electron chi connectivity index (χ4n) is 2.23. The van der Waals surface area contributed by atoms with Gasteiger partial charge in [-0.2, -0.15) is 0 Å². The van der Waals surface area contributed by atoms with E-state index in [0.717, 1.165) is 22.7 Å². The molecule has 2 aromatic rings. The number of benzene rings is 1. The fourth-order valence-corrected chi connectivity index (χ4v) is 2.66. The van der Waals surface area contributed by atoms with Crippen molar-refractivity contribution in [2.75, 3.05) is 0 Å². The molecule has 1 amide bonds. The maximum atomic E-state index is 11.9. The van der Waals surface area contributed by atoms with Crippen LogP contribution in [0, 0.1) is 0 Å². The maximum Gasteiger partial charge on any atom is 0.273 e. The number of rotatable bonds is 2. The summed E-state index contributed by atoms with van der Waals surface area (Å²) < 4.78 is 3.65. The van der Waals surface area contributed by atoms with Crippen molar-refractivity contribution >= 4 is 17.4 Å². The average molecular weight is 261 g/mol. The maximum absolute atomic E-state index is 11.9. The van der Waals surface area contributed by atoms with Crippen LogP contribution in [0.3, 0.4) is 0 Å². The predicted octanol–water partition coefficient (Wildman–Crippen LogP) is 0.926. The van der Waals surface area contributed by atoms with Crippen LogP contribution in [-0.4, -0.2) is 26.7 Å². The minimum Gasteiger partial charge on any atom is -0.390 e. The molecule has 0 fully saturated rings. The molecule has 0 unspecified atom stereocenters. The summed E-state index contributed by atoms with van der Waals surface area (Å²) in [6, 6.07) is 7.36. The van der Waals surface area contributed by atoms with Gasteiger partial charge in [0.2, 0.25) is 0 Å². The topological polar surface area (TPSA) is 75.1 Å². The van der Waals surface area contributed by atoms with Gasteiger partial charge in [-0.05, 0) is 22.7 Å². The summed E-state index contributed by atoms with van der Waals surface area (Å²) in [5.74, 6) is -0.301. The summed E-state index contributed by atoms with van der Waals surface area (Å²) in [5.41, 5.74) is 2.34. The lowest BCUT2D eigenvalue weighted by molar-refractivity contribution is 0.0853. The number of carbonyl (C=O) groups is 1. The van der Waals surface area contributed by atoms with E-state index in [4.69, 9.17) is 0 Å². The molecule has 18 heavy (non-hydrogen) atoms. The van der Waals surface area contributed by atoms with E-state index >= 15 is 0 Å². The third-order valence-electron chi connectivity index (χ3n) is 3.08. The second kappa shape index (κ2) is 4.47. The van der Waals surface area contributed by atoms with E-state index in [0.29, 0.717) is 6.42 Å². The van der Waals surface area contributed by atoms with Crippen LogP contribution >= 0.6 is 11.5 Å². The summed E-state index contributed by atoms with van der Waals surface area (Å²) in [4.78, 5) is 11.9. The van der Waals surface area contributed by atoms with Crippen molar-refractivity contribution in [2.24, 2.45) is 0 Å². The van der Waals surface area contributed by atoms with Crippen LogP contribution in [0.5, 0.6) is 0 Å². The Bertz CT molecular complexity index is 570. The minimum absolute atomic E-state index is 0.289. The summed E-state index contributed by atoms with van der Waals surface area (Å²) in [6.07, 6.45) is -0.0193. The number of aromatic nitrogens is 2. The summed E-state index contributed by atoms with van der Waals surface area (Å²) in [7, 11) is 0. The van der Waals surface area contributed by atoms with E-state index in [1.807, 2.05) is 24.3 Å². The number of hydrogen-bond acceptors (Lipinski definition) is 5. The van der Waals surface area contributed by atoms with E-state index in [9.17, 15) is 9.90 Å². The molecule has 0 radical (unpaired) electrons. The molecule has 92 valence electrons. The van der Waals surface area contributed by atoms with E-state index in [1.54, 1.807) is 5.38 Å². The van der Waals surface area contributed by atoms with Crippen molar-refractivity contribution in [1.29, 1.82) is 0 Å². The van der Waals surface area contributed by atoms with Gasteiger partial charge >= 0.3 is 0 Å². The molecule has 2 atom stereocenters. The van der Waals surface area contributed by atoms with Crippen molar-refractivity contribution in [2.45, 2.75) is 18.6 Å². The molecular formula is C12H11N3O2S. The van der Waals surface area contributed by atoms with Gasteiger partial charge in [0.05, 0.1) is 12.1 Å². The van der Waals surface area contributed by atoms with Crippen LogP contribution < -0.4 is 5.32 Å². The Morgan fingerprint density at radius 2 is 2.28 bits per heavy atom. The first-order valence-electron chi connectivity index (χ1n) is 5.59. The quantitative estimate of drug-likeness (QED) is 0.843. The summed E-state index contributed by atoms with van der Waals surface area (Å²) in [6.45, 7) is 0. The lowest BCUT2D eigenvalue weighted by Gasteiger charge is -2.16. The van der Waals surface area contributed by atoms with Crippen LogP contribution in [0.2, 0.25) is 0 Å². The summed E-state index contributed by atoms with van der Waals surface area (Å²) in [5, 5.41) is 18.1. The standard InChI is InChI=1S/C12H11N3O2S/c16-10-5-7-3-1-2-4-8(7)11(10)13-12(17)9-6-18-15-14-9/h1-4,6,10-11,16H,5H2,(H,13,17)/t10-,11+/m1/s1. The SMILES string of the molecule is O=C(N[C@H]1c2ccccc2C[C@H]1O)c1csnn1. The van der Waals surface area contributed by atoms with Crippen LogP contribution in [0.4, 0.5) is 0 Å². The highest BCUT2D eigenvalue weighted by Gasteiger charge is 2.32. The highest BCUT2D eigenvalue weighted by Crippen LogP contribution is 2.31. The Labute approximate surface area is 108 Å². The molecular weight excluding hydrogens is 250 g/mol. The molecule has 0 bridgehead atoms. The highest BCUT2D eigenvalue weighted by molar-refractivity contribution is 7.03. The fraction of sp³-hybridized carbons (Fsp3) is 0.250. The van der Waals surface area contributed by atoms with Crippen molar-refractivity contribution in [3.63, 3.8) is 0 Å². The molecule has 0 saturated carbocycles. The van der Waals surface area contributed by atoms with Crippen LogP contribution in [0.25, 0.3) is 0 Å². The Morgan fingerprint density at radius 1 is 1.44 bits per heavy atom. The van der Waals surface area contributed by atoms with E-state index < -0.39 is 6.10 Å². The molecule has 0 aliphatic heterocycles. The van der Waals surface area contributed by atoms with Crippen molar-refractivity contribution < 1.29 is 9.90 Å². The molecule has 1 aliphatic rings. The largest absolute Gasteiger partial charge is 0.390 e. The van der Waals surface area contributed by atoms with Gasteiger partial charge in [-0.3, -0.25) is 4.79 Å². The van der Waals surface area contributed by atoms with Crippen molar-refractivity contribution in [3.05, 3.63) is 46.5 Å². The second-order valence-electron chi connectivity index (χ2n) is 4.21. The van der Waals surface area contributed by atoms with Gasteiger partial charge < -0.3 is 10.4 Å².